The first kappa shape index (κ1) is 33.1. The number of carboxylic acids is 1. The van der Waals surface area contributed by atoms with E-state index in [4.69, 9.17) is 9.84 Å². The third-order valence-corrected chi connectivity index (χ3v) is 6.67. The normalized spacial score (nSPS) is 18.4. The first-order valence-electron chi connectivity index (χ1n) is 13.2. The predicted molar refractivity (Wildman–Crippen MR) is 158 cm³/mol. The molecule has 16 nitrogen and oxygen atoms in total. The number of nitrogens with zero attached hydrogens (tertiary/aromatic N) is 5. The molecule has 2 aliphatic rings. The van der Waals surface area contributed by atoms with Crippen molar-refractivity contribution >= 4 is 59.7 Å². The standard InChI is InChI=1S/C28H33N7O9/c1-16-19(11-33(3)32-16)26(44-4)18(10-29-2)27(42)31-20-12-34(24(39)15-37)21-7-5-6-8-22(21)35(28(20)43)13-23(38)30-17(14-36)9-25(40)41/h5-8,10,14,17,20,37H,2,9,11-13,15H2,1,3-4H3,(H,30,38)(H,31,42)(H,40,41)/b18-10+,26-19-/t17-,20-/m0/s1. The fraction of sp³-hybridized carbons (Fsp3) is 0.357. The summed E-state index contributed by atoms with van der Waals surface area (Å²) in [6.45, 7) is 3.43. The third kappa shape index (κ3) is 7.52. The maximum Gasteiger partial charge on any atom is 0.305 e. The molecule has 0 spiro atoms. The van der Waals surface area contributed by atoms with Crippen LogP contribution in [0.15, 0.2) is 57.5 Å². The quantitative estimate of drug-likeness (QED) is 0.0960. The van der Waals surface area contributed by atoms with E-state index in [0.717, 1.165) is 16.0 Å². The Balaban J connectivity index is 2.03. The topological polar surface area (TPSA) is 211 Å². The van der Waals surface area contributed by atoms with Gasteiger partial charge in [-0.2, -0.15) is 5.10 Å². The van der Waals surface area contributed by atoms with Crippen molar-refractivity contribution in [2.45, 2.75) is 25.4 Å². The van der Waals surface area contributed by atoms with Gasteiger partial charge < -0.3 is 35.3 Å². The van der Waals surface area contributed by atoms with Crippen LogP contribution in [0.5, 0.6) is 0 Å². The highest BCUT2D eigenvalue weighted by Gasteiger charge is 2.38. The molecule has 234 valence electrons. The number of carbonyl (C=O) groups is 6. The molecule has 16 heteroatoms. The smallest absolute Gasteiger partial charge is 0.305 e. The summed E-state index contributed by atoms with van der Waals surface area (Å²) in [6.07, 6.45) is 0.723. The number of aliphatic imine (C=N–C) groups is 1. The molecule has 0 radical (unpaired) electrons. The Morgan fingerprint density at radius 3 is 2.48 bits per heavy atom. The molecule has 44 heavy (non-hydrogen) atoms. The van der Waals surface area contributed by atoms with Gasteiger partial charge in [-0.05, 0) is 25.8 Å². The highest BCUT2D eigenvalue weighted by atomic mass is 16.5. The Kier molecular flexibility index (Phi) is 11.1. The number of rotatable bonds is 12. The molecule has 1 aromatic rings. The second-order valence-corrected chi connectivity index (χ2v) is 9.75. The minimum absolute atomic E-state index is 0.0936. The lowest BCUT2D eigenvalue weighted by Crippen LogP contribution is -2.55. The van der Waals surface area contributed by atoms with Crippen molar-refractivity contribution in [3.63, 3.8) is 0 Å². The van der Waals surface area contributed by atoms with Gasteiger partial charge in [0.05, 0.1) is 55.3 Å². The molecular formula is C28H33N7O9. The lowest BCUT2D eigenvalue weighted by atomic mass is 10.0. The number of aliphatic hydroxyl groups excluding tert-OH is 1. The molecule has 0 fully saturated rings. The van der Waals surface area contributed by atoms with E-state index in [0.29, 0.717) is 17.8 Å². The van der Waals surface area contributed by atoms with Crippen molar-refractivity contribution in [3.05, 3.63) is 47.4 Å². The summed E-state index contributed by atoms with van der Waals surface area (Å²) < 4.78 is 5.54. The lowest BCUT2D eigenvalue weighted by molar-refractivity contribution is -0.139. The first-order chi connectivity index (χ1) is 20.9. The molecule has 2 heterocycles. The van der Waals surface area contributed by atoms with Crippen LogP contribution in [0, 0.1) is 0 Å². The number of amides is 4. The second kappa shape index (κ2) is 14.7. The number of likely N-dealkylation sites (N-methyl/N-ethyl adjacent to an activating group) is 1. The Morgan fingerprint density at radius 1 is 1.25 bits per heavy atom. The van der Waals surface area contributed by atoms with Gasteiger partial charge in [0.25, 0.3) is 17.7 Å². The summed E-state index contributed by atoms with van der Waals surface area (Å²) in [5.74, 6) is -4.50. The molecule has 4 amide bonds. The van der Waals surface area contributed by atoms with Gasteiger partial charge in [-0.25, -0.2) is 0 Å². The minimum atomic E-state index is -1.46. The van der Waals surface area contributed by atoms with Gasteiger partial charge in [0, 0.05) is 18.8 Å². The molecule has 0 saturated heterocycles. The number of hydrazone groups is 1. The summed E-state index contributed by atoms with van der Waals surface area (Å²) >= 11 is 0. The zero-order valence-electron chi connectivity index (χ0n) is 24.3. The third-order valence-electron chi connectivity index (χ3n) is 6.67. The summed E-state index contributed by atoms with van der Waals surface area (Å²) in [4.78, 5) is 81.7. The molecule has 4 N–H and O–H groups in total. The fourth-order valence-electron chi connectivity index (χ4n) is 4.77. The van der Waals surface area contributed by atoms with Gasteiger partial charge in [0.15, 0.2) is 0 Å². The van der Waals surface area contributed by atoms with Crippen LogP contribution in [0.25, 0.3) is 0 Å². The maximum absolute atomic E-state index is 14.0. The minimum Gasteiger partial charge on any atom is -0.495 e. The molecule has 3 rings (SSSR count). The van der Waals surface area contributed by atoms with Gasteiger partial charge in [-0.3, -0.25) is 38.9 Å². The number of fused-ring (bicyclic) bond motifs is 1. The van der Waals surface area contributed by atoms with E-state index in [2.05, 4.69) is 27.4 Å². The van der Waals surface area contributed by atoms with E-state index < -0.39 is 67.8 Å². The van der Waals surface area contributed by atoms with Crippen LogP contribution in [0.1, 0.15) is 13.3 Å². The summed E-state index contributed by atoms with van der Waals surface area (Å²) in [7, 11) is 3.09. The molecule has 0 aliphatic carbocycles. The van der Waals surface area contributed by atoms with Crippen LogP contribution in [-0.4, -0.2) is 116 Å². The number of benzene rings is 1. The highest BCUT2D eigenvalue weighted by Crippen LogP contribution is 2.33. The van der Waals surface area contributed by atoms with Crippen molar-refractivity contribution in [2.75, 3.05) is 50.2 Å². The summed E-state index contributed by atoms with van der Waals surface area (Å²) in [5.41, 5.74) is 1.33. The van der Waals surface area contributed by atoms with E-state index in [1.54, 1.807) is 31.1 Å². The van der Waals surface area contributed by atoms with Crippen LogP contribution in [0.2, 0.25) is 0 Å². The first-order valence-corrected chi connectivity index (χ1v) is 13.2. The molecular weight excluding hydrogens is 578 g/mol. The van der Waals surface area contributed by atoms with Gasteiger partial charge in [0.2, 0.25) is 5.91 Å². The van der Waals surface area contributed by atoms with Crippen molar-refractivity contribution < 1.29 is 43.7 Å². The van der Waals surface area contributed by atoms with Crippen LogP contribution in [0.3, 0.4) is 0 Å². The molecule has 1 aromatic carbocycles. The summed E-state index contributed by atoms with van der Waals surface area (Å²) in [5, 5.41) is 29.5. The molecule has 0 unspecified atom stereocenters. The number of hydrogen-bond acceptors (Lipinski definition) is 11. The number of carboxylic acid groups (broad SMARTS) is 1. The molecule has 2 aliphatic heterocycles. The monoisotopic (exact) mass is 611 g/mol. The van der Waals surface area contributed by atoms with E-state index in [9.17, 15) is 33.9 Å². The average Bonchev–Trinajstić information content (AvgIpc) is 3.28. The maximum atomic E-state index is 14.0. The fourth-order valence-corrected chi connectivity index (χ4v) is 4.77. The van der Waals surface area contributed by atoms with Crippen molar-refractivity contribution in [1.82, 2.24) is 15.6 Å². The van der Waals surface area contributed by atoms with Crippen LogP contribution in [0.4, 0.5) is 11.4 Å². The van der Waals surface area contributed by atoms with Gasteiger partial charge >= 0.3 is 5.97 Å². The van der Waals surface area contributed by atoms with E-state index in [-0.39, 0.29) is 29.0 Å². The van der Waals surface area contributed by atoms with E-state index >= 15 is 0 Å². The van der Waals surface area contributed by atoms with Crippen LogP contribution in [-0.2, 0) is 33.5 Å². The highest BCUT2D eigenvalue weighted by molar-refractivity contribution is 6.12. The van der Waals surface area contributed by atoms with E-state index in [1.807, 2.05) is 0 Å². The van der Waals surface area contributed by atoms with Crippen molar-refractivity contribution in [1.29, 1.82) is 0 Å². The summed E-state index contributed by atoms with van der Waals surface area (Å²) in [6, 6.07) is 3.24. The van der Waals surface area contributed by atoms with Crippen LogP contribution >= 0.6 is 0 Å². The molecule has 0 bridgehead atoms. The number of aliphatic hydroxyl groups is 1. The number of nitrogens with one attached hydrogen (secondary N) is 2. The number of aliphatic carboxylic acids is 1. The SMILES string of the molecule is C=N/C=C(C(=O)N[C@H]1CN(C(=O)CO)c2ccccc2N(CC(=O)N[C@H](C=O)CC(=O)O)C1=O)\C(OC)=C1/CN(C)N=C1C. The second-order valence-electron chi connectivity index (χ2n) is 9.75. The van der Waals surface area contributed by atoms with Gasteiger partial charge in [-0.1, -0.05) is 12.1 Å². The molecule has 0 aromatic heterocycles. The van der Waals surface area contributed by atoms with Gasteiger partial charge in [-0.15, -0.1) is 0 Å². The Bertz CT molecular complexity index is 1450. The number of hydrogen-bond donors (Lipinski definition) is 4. The number of methoxy groups -OCH3 is 1. The predicted octanol–water partition coefficient (Wildman–Crippen LogP) is -1.19. The number of para-hydroxylation sites is 2. The number of anilines is 2. The zero-order valence-corrected chi connectivity index (χ0v) is 24.3. The zero-order chi connectivity index (χ0) is 32.6. The molecule has 0 saturated carbocycles. The average molecular weight is 612 g/mol. The largest absolute Gasteiger partial charge is 0.495 e. The molecule has 2 atom stereocenters. The number of aldehydes is 1. The Hall–Kier alpha value is -5.38. The van der Waals surface area contributed by atoms with Crippen molar-refractivity contribution in [2.24, 2.45) is 10.1 Å². The van der Waals surface area contributed by atoms with Crippen LogP contribution < -0.4 is 20.4 Å². The van der Waals surface area contributed by atoms with Crippen molar-refractivity contribution in [3.8, 4) is 0 Å². The Morgan fingerprint density at radius 2 is 1.93 bits per heavy atom. The number of carbonyl (C=O) groups excluding carboxylic acids is 5. The van der Waals surface area contributed by atoms with E-state index in [1.165, 1.54) is 19.2 Å². The lowest BCUT2D eigenvalue weighted by Gasteiger charge is -2.26. The Labute approximate surface area is 252 Å². The number of ether oxygens (including phenoxy) is 1. The van der Waals surface area contributed by atoms with Gasteiger partial charge in [0.1, 0.15) is 31.2 Å².